The van der Waals surface area contributed by atoms with Crippen LogP contribution in [0.4, 0.5) is 0 Å². The van der Waals surface area contributed by atoms with Crippen molar-refractivity contribution in [1.82, 2.24) is 5.32 Å². The van der Waals surface area contributed by atoms with Crippen molar-refractivity contribution in [2.75, 3.05) is 19.8 Å². The number of benzene rings is 1. The third-order valence-corrected chi connectivity index (χ3v) is 3.13. The molecule has 19 heavy (non-hydrogen) atoms. The molecule has 0 aliphatic heterocycles. The molecule has 0 aliphatic carbocycles. The Morgan fingerprint density at radius 2 is 1.89 bits per heavy atom. The van der Waals surface area contributed by atoms with Crippen LogP contribution in [0, 0.1) is 5.92 Å². The van der Waals surface area contributed by atoms with Crippen molar-refractivity contribution in [3.8, 4) is 5.75 Å². The van der Waals surface area contributed by atoms with Gasteiger partial charge in [0.05, 0.1) is 6.61 Å². The fourth-order valence-electron chi connectivity index (χ4n) is 1.58. The van der Waals surface area contributed by atoms with Crippen molar-refractivity contribution in [3.63, 3.8) is 0 Å². The summed E-state index contributed by atoms with van der Waals surface area (Å²) in [5, 5.41) is 22.7. The molecule has 1 unspecified atom stereocenters. The van der Waals surface area contributed by atoms with Gasteiger partial charge in [-0.2, -0.15) is 0 Å². The molecule has 0 saturated heterocycles. The van der Waals surface area contributed by atoms with Gasteiger partial charge in [-0.3, -0.25) is 0 Å². The van der Waals surface area contributed by atoms with E-state index in [4.69, 9.17) is 21.4 Å². The summed E-state index contributed by atoms with van der Waals surface area (Å²) < 4.78 is 5.44. The average molecular weight is 288 g/mol. The van der Waals surface area contributed by atoms with Gasteiger partial charge in [-0.25, -0.2) is 0 Å². The van der Waals surface area contributed by atoms with E-state index in [1.165, 1.54) is 0 Å². The number of nitrogens with one attached hydrogen (secondary N) is 1. The standard InChI is InChI=1S/C14H22ClNO3/c1-10(2)14(8-17)16-7-12(18)9-19-13-5-3-11(15)4-6-13/h3-6,10,12,14,16-18H,7-9H2,1-2H3/t12?,14-/m1/s1. The predicted molar refractivity (Wildman–Crippen MR) is 76.7 cm³/mol. The van der Waals surface area contributed by atoms with Crippen molar-refractivity contribution in [1.29, 1.82) is 0 Å². The molecule has 0 radical (unpaired) electrons. The quantitative estimate of drug-likeness (QED) is 0.681. The van der Waals surface area contributed by atoms with Gasteiger partial charge in [0.1, 0.15) is 18.5 Å². The van der Waals surface area contributed by atoms with Crippen molar-refractivity contribution in [3.05, 3.63) is 29.3 Å². The Morgan fingerprint density at radius 1 is 1.26 bits per heavy atom. The molecule has 0 amide bonds. The zero-order valence-electron chi connectivity index (χ0n) is 11.3. The first-order valence-corrected chi connectivity index (χ1v) is 6.81. The summed E-state index contributed by atoms with van der Waals surface area (Å²) in [5.74, 6) is 0.986. The maximum Gasteiger partial charge on any atom is 0.119 e. The summed E-state index contributed by atoms with van der Waals surface area (Å²) in [4.78, 5) is 0. The van der Waals surface area contributed by atoms with Crippen molar-refractivity contribution in [2.24, 2.45) is 5.92 Å². The summed E-state index contributed by atoms with van der Waals surface area (Å²) in [6, 6.07) is 6.98. The van der Waals surface area contributed by atoms with Gasteiger partial charge in [0.15, 0.2) is 0 Å². The van der Waals surface area contributed by atoms with Gasteiger partial charge in [-0.15, -0.1) is 0 Å². The van der Waals surface area contributed by atoms with Crippen LogP contribution < -0.4 is 10.1 Å². The fraction of sp³-hybridized carbons (Fsp3) is 0.571. The zero-order chi connectivity index (χ0) is 14.3. The minimum atomic E-state index is -0.622. The lowest BCUT2D eigenvalue weighted by Crippen LogP contribution is -2.42. The number of rotatable bonds is 8. The lowest BCUT2D eigenvalue weighted by molar-refractivity contribution is 0.0962. The first-order valence-electron chi connectivity index (χ1n) is 6.43. The fourth-order valence-corrected chi connectivity index (χ4v) is 1.71. The largest absolute Gasteiger partial charge is 0.491 e. The van der Waals surface area contributed by atoms with Gasteiger partial charge in [-0.05, 0) is 30.2 Å². The van der Waals surface area contributed by atoms with Crippen LogP contribution >= 0.6 is 11.6 Å². The van der Waals surface area contributed by atoms with Crippen LogP contribution in [-0.2, 0) is 0 Å². The van der Waals surface area contributed by atoms with E-state index in [1.54, 1.807) is 24.3 Å². The second-order valence-corrected chi connectivity index (χ2v) is 5.30. The molecule has 5 heteroatoms. The zero-order valence-corrected chi connectivity index (χ0v) is 12.1. The monoisotopic (exact) mass is 287 g/mol. The lowest BCUT2D eigenvalue weighted by atomic mass is 10.1. The molecule has 108 valence electrons. The third kappa shape index (κ3) is 6.25. The van der Waals surface area contributed by atoms with Gasteiger partial charge in [0.25, 0.3) is 0 Å². The van der Waals surface area contributed by atoms with E-state index in [1.807, 2.05) is 13.8 Å². The molecule has 0 spiro atoms. The van der Waals surface area contributed by atoms with Gasteiger partial charge >= 0.3 is 0 Å². The minimum absolute atomic E-state index is 0.00909. The van der Waals surface area contributed by atoms with Crippen LogP contribution in [0.2, 0.25) is 5.02 Å². The Kier molecular flexibility index (Phi) is 7.16. The first-order chi connectivity index (χ1) is 9.02. The van der Waals surface area contributed by atoms with Gasteiger partial charge in [0.2, 0.25) is 0 Å². The van der Waals surface area contributed by atoms with E-state index >= 15 is 0 Å². The van der Waals surface area contributed by atoms with Crippen LogP contribution in [0.5, 0.6) is 5.75 Å². The molecule has 0 bridgehead atoms. The molecular formula is C14H22ClNO3. The molecule has 1 rings (SSSR count). The maximum absolute atomic E-state index is 9.80. The van der Waals surface area contributed by atoms with Crippen LogP contribution in [0.3, 0.4) is 0 Å². The van der Waals surface area contributed by atoms with E-state index < -0.39 is 6.10 Å². The van der Waals surface area contributed by atoms with E-state index in [-0.39, 0.29) is 19.3 Å². The molecule has 2 atom stereocenters. The van der Waals surface area contributed by atoms with Crippen molar-refractivity contribution in [2.45, 2.75) is 26.0 Å². The molecular weight excluding hydrogens is 266 g/mol. The predicted octanol–water partition coefficient (Wildman–Crippen LogP) is 1.69. The number of halogens is 1. The van der Waals surface area contributed by atoms with E-state index in [0.717, 1.165) is 0 Å². The van der Waals surface area contributed by atoms with E-state index in [0.29, 0.717) is 23.2 Å². The minimum Gasteiger partial charge on any atom is -0.491 e. The maximum atomic E-state index is 9.80. The Labute approximate surface area is 119 Å². The summed E-state index contributed by atoms with van der Waals surface area (Å²) in [5.41, 5.74) is 0. The Hall–Kier alpha value is -0.810. The van der Waals surface area contributed by atoms with Crippen molar-refractivity contribution < 1.29 is 14.9 Å². The van der Waals surface area contributed by atoms with E-state index in [9.17, 15) is 5.11 Å². The average Bonchev–Trinajstić information content (AvgIpc) is 2.38. The Morgan fingerprint density at radius 3 is 2.42 bits per heavy atom. The summed E-state index contributed by atoms with van der Waals surface area (Å²) in [7, 11) is 0. The third-order valence-electron chi connectivity index (χ3n) is 2.87. The molecule has 0 aromatic heterocycles. The molecule has 3 N–H and O–H groups in total. The highest BCUT2D eigenvalue weighted by Gasteiger charge is 2.13. The van der Waals surface area contributed by atoms with Gasteiger partial charge in [0, 0.05) is 17.6 Å². The van der Waals surface area contributed by atoms with Gasteiger partial charge < -0.3 is 20.3 Å². The number of hydrogen-bond acceptors (Lipinski definition) is 4. The highest BCUT2D eigenvalue weighted by atomic mass is 35.5. The van der Waals surface area contributed by atoms with Crippen LogP contribution in [-0.4, -0.2) is 42.1 Å². The van der Waals surface area contributed by atoms with Crippen molar-refractivity contribution >= 4 is 11.6 Å². The second-order valence-electron chi connectivity index (χ2n) is 4.86. The first kappa shape index (κ1) is 16.2. The lowest BCUT2D eigenvalue weighted by Gasteiger charge is -2.22. The Balaban J connectivity index is 2.27. The molecule has 1 aromatic rings. The number of aliphatic hydroxyl groups excluding tert-OH is 2. The molecule has 0 fully saturated rings. The van der Waals surface area contributed by atoms with Crippen LogP contribution in [0.25, 0.3) is 0 Å². The second kappa shape index (κ2) is 8.38. The number of aliphatic hydroxyl groups is 2. The summed E-state index contributed by atoms with van der Waals surface area (Å²) in [6.07, 6.45) is -0.622. The highest BCUT2D eigenvalue weighted by Crippen LogP contribution is 2.15. The number of ether oxygens (including phenoxy) is 1. The Bertz CT molecular complexity index is 356. The molecule has 0 heterocycles. The molecule has 1 aromatic carbocycles. The van der Waals surface area contributed by atoms with Gasteiger partial charge in [-0.1, -0.05) is 25.4 Å². The molecule has 4 nitrogen and oxygen atoms in total. The number of hydrogen-bond donors (Lipinski definition) is 3. The summed E-state index contributed by atoms with van der Waals surface area (Å²) >= 11 is 5.77. The van der Waals surface area contributed by atoms with Crippen LogP contribution in [0.15, 0.2) is 24.3 Å². The highest BCUT2D eigenvalue weighted by molar-refractivity contribution is 6.30. The SMILES string of the molecule is CC(C)[C@@H](CO)NCC(O)COc1ccc(Cl)cc1. The van der Waals surface area contributed by atoms with Crippen LogP contribution in [0.1, 0.15) is 13.8 Å². The van der Waals surface area contributed by atoms with E-state index in [2.05, 4.69) is 5.32 Å². The summed E-state index contributed by atoms with van der Waals surface area (Å²) in [6.45, 7) is 4.68. The normalized spacial score (nSPS) is 14.4. The smallest absolute Gasteiger partial charge is 0.119 e. The molecule has 0 aliphatic rings. The molecule has 0 saturated carbocycles. The topological polar surface area (TPSA) is 61.7 Å².